The van der Waals surface area contributed by atoms with Gasteiger partial charge in [-0.25, -0.2) is 18.5 Å². The van der Waals surface area contributed by atoms with Gasteiger partial charge < -0.3 is 5.32 Å². The summed E-state index contributed by atoms with van der Waals surface area (Å²) in [5.74, 6) is -0.356. The molecule has 24 heavy (non-hydrogen) atoms. The largest absolute Gasteiger partial charge is 0.359 e. The van der Waals surface area contributed by atoms with Gasteiger partial charge in [0.1, 0.15) is 0 Å². The van der Waals surface area contributed by atoms with E-state index in [1.165, 1.54) is 35.6 Å². The SMILES string of the molecule is CCCNC=O.NS(=O)(=O)c1ccc(C(=O)Nc2nccs2)cc1. The van der Waals surface area contributed by atoms with Crippen LogP contribution in [0, 0.1) is 0 Å². The topological polar surface area (TPSA) is 131 Å². The van der Waals surface area contributed by atoms with Gasteiger partial charge in [-0.15, -0.1) is 11.3 Å². The van der Waals surface area contributed by atoms with Crippen molar-refractivity contribution in [3.05, 3.63) is 41.4 Å². The van der Waals surface area contributed by atoms with Gasteiger partial charge in [-0.1, -0.05) is 6.92 Å². The van der Waals surface area contributed by atoms with E-state index in [1.807, 2.05) is 6.92 Å². The Labute approximate surface area is 144 Å². The Bertz CT molecular complexity index is 744. The number of primary sulfonamides is 1. The van der Waals surface area contributed by atoms with Gasteiger partial charge in [-0.05, 0) is 30.7 Å². The Balaban J connectivity index is 0.000000413. The van der Waals surface area contributed by atoms with Crippen LogP contribution in [0.4, 0.5) is 5.13 Å². The van der Waals surface area contributed by atoms with E-state index in [2.05, 4.69) is 15.6 Å². The number of nitrogens with one attached hydrogen (secondary N) is 2. The van der Waals surface area contributed by atoms with E-state index in [4.69, 9.17) is 5.14 Å². The zero-order chi connectivity index (χ0) is 18.0. The molecule has 0 radical (unpaired) electrons. The van der Waals surface area contributed by atoms with E-state index in [9.17, 15) is 18.0 Å². The Morgan fingerprint density at radius 1 is 1.33 bits per heavy atom. The third-order valence-corrected chi connectivity index (χ3v) is 4.19. The highest BCUT2D eigenvalue weighted by Crippen LogP contribution is 2.13. The first-order chi connectivity index (χ1) is 11.4. The second kappa shape index (κ2) is 9.75. The van der Waals surface area contributed by atoms with Crippen molar-refractivity contribution in [1.29, 1.82) is 0 Å². The van der Waals surface area contributed by atoms with Gasteiger partial charge in [0.2, 0.25) is 16.4 Å². The fourth-order valence-electron chi connectivity index (χ4n) is 1.45. The van der Waals surface area contributed by atoms with Crippen LogP contribution in [0.2, 0.25) is 0 Å². The summed E-state index contributed by atoms with van der Waals surface area (Å²) in [4.78, 5) is 25.1. The monoisotopic (exact) mass is 370 g/mol. The zero-order valence-electron chi connectivity index (χ0n) is 12.9. The first kappa shape index (κ1) is 19.7. The molecule has 0 aliphatic rings. The predicted octanol–water partition coefficient (Wildman–Crippen LogP) is 1.19. The van der Waals surface area contributed by atoms with Crippen molar-refractivity contribution < 1.29 is 18.0 Å². The van der Waals surface area contributed by atoms with Gasteiger partial charge in [0.05, 0.1) is 4.90 Å². The lowest BCUT2D eigenvalue weighted by Crippen LogP contribution is -2.14. The number of carbonyl (C=O) groups excluding carboxylic acids is 2. The second-order valence-electron chi connectivity index (χ2n) is 4.43. The van der Waals surface area contributed by atoms with Crippen molar-refractivity contribution in [2.75, 3.05) is 11.9 Å². The quantitative estimate of drug-likeness (QED) is 0.519. The number of benzene rings is 1. The van der Waals surface area contributed by atoms with Gasteiger partial charge in [-0.3, -0.25) is 14.9 Å². The van der Waals surface area contributed by atoms with Gasteiger partial charge in [0.15, 0.2) is 5.13 Å². The molecule has 0 unspecified atom stereocenters. The van der Waals surface area contributed by atoms with Crippen LogP contribution in [0.5, 0.6) is 0 Å². The summed E-state index contributed by atoms with van der Waals surface area (Å²) < 4.78 is 22.1. The molecule has 0 spiro atoms. The summed E-state index contributed by atoms with van der Waals surface area (Å²) >= 11 is 1.29. The molecule has 4 N–H and O–H groups in total. The zero-order valence-corrected chi connectivity index (χ0v) is 14.6. The van der Waals surface area contributed by atoms with Crippen LogP contribution in [0.1, 0.15) is 23.7 Å². The van der Waals surface area contributed by atoms with E-state index in [0.717, 1.165) is 13.0 Å². The van der Waals surface area contributed by atoms with Crippen LogP contribution in [0.3, 0.4) is 0 Å². The highest BCUT2D eigenvalue weighted by molar-refractivity contribution is 7.89. The highest BCUT2D eigenvalue weighted by Gasteiger charge is 2.11. The van der Waals surface area contributed by atoms with Gasteiger partial charge in [0, 0.05) is 23.7 Å². The number of hydrogen-bond acceptors (Lipinski definition) is 6. The number of sulfonamides is 1. The van der Waals surface area contributed by atoms with Crippen molar-refractivity contribution in [2.45, 2.75) is 18.2 Å². The van der Waals surface area contributed by atoms with E-state index >= 15 is 0 Å². The van der Waals surface area contributed by atoms with Gasteiger partial charge >= 0.3 is 0 Å². The lowest BCUT2D eigenvalue weighted by Gasteiger charge is -2.02. The number of thiazole rings is 1. The predicted molar refractivity (Wildman–Crippen MR) is 92.2 cm³/mol. The Morgan fingerprint density at radius 3 is 2.42 bits per heavy atom. The minimum Gasteiger partial charge on any atom is -0.359 e. The molecule has 2 aromatic rings. The first-order valence-electron chi connectivity index (χ1n) is 6.89. The molecule has 1 heterocycles. The molecule has 0 fully saturated rings. The number of rotatable bonds is 6. The molecule has 8 nitrogen and oxygen atoms in total. The molecule has 1 aromatic carbocycles. The third kappa shape index (κ3) is 6.86. The maximum Gasteiger partial charge on any atom is 0.257 e. The molecule has 0 aliphatic carbocycles. The highest BCUT2D eigenvalue weighted by atomic mass is 32.2. The van der Waals surface area contributed by atoms with Crippen LogP contribution in [-0.2, 0) is 14.8 Å². The molecule has 0 bridgehead atoms. The number of nitrogens with two attached hydrogens (primary N) is 1. The van der Waals surface area contributed by atoms with Crippen molar-refractivity contribution in [1.82, 2.24) is 10.3 Å². The van der Waals surface area contributed by atoms with E-state index in [0.29, 0.717) is 17.1 Å². The minimum absolute atomic E-state index is 0.0340. The van der Waals surface area contributed by atoms with Crippen LogP contribution in [0.15, 0.2) is 40.7 Å². The minimum atomic E-state index is -3.74. The van der Waals surface area contributed by atoms with E-state index < -0.39 is 10.0 Å². The number of nitrogens with zero attached hydrogens (tertiary/aromatic N) is 1. The van der Waals surface area contributed by atoms with Crippen LogP contribution >= 0.6 is 11.3 Å². The van der Waals surface area contributed by atoms with Crippen molar-refractivity contribution in [3.63, 3.8) is 0 Å². The van der Waals surface area contributed by atoms with Crippen molar-refractivity contribution >= 4 is 38.8 Å². The third-order valence-electron chi connectivity index (χ3n) is 2.58. The fourth-order valence-corrected chi connectivity index (χ4v) is 2.49. The Kier molecular flexibility index (Phi) is 8.02. The first-order valence-corrected chi connectivity index (χ1v) is 9.31. The molecule has 0 saturated heterocycles. The molecule has 2 rings (SSSR count). The maximum atomic E-state index is 11.7. The normalized spacial score (nSPS) is 10.2. The van der Waals surface area contributed by atoms with E-state index in [-0.39, 0.29) is 10.8 Å². The molecule has 0 saturated carbocycles. The summed E-state index contributed by atoms with van der Waals surface area (Å²) in [6, 6.07) is 5.35. The summed E-state index contributed by atoms with van der Waals surface area (Å²) in [5, 5.41) is 12.3. The molecule has 130 valence electrons. The summed E-state index contributed by atoms with van der Waals surface area (Å²) in [6.45, 7) is 2.81. The molecule has 0 aliphatic heterocycles. The van der Waals surface area contributed by atoms with Crippen molar-refractivity contribution in [2.24, 2.45) is 5.14 Å². The summed E-state index contributed by atoms with van der Waals surface area (Å²) in [5.41, 5.74) is 0.331. The average Bonchev–Trinajstić information content (AvgIpc) is 3.06. The summed E-state index contributed by atoms with van der Waals surface area (Å²) in [7, 11) is -3.74. The van der Waals surface area contributed by atoms with Crippen LogP contribution < -0.4 is 15.8 Å². The molecule has 0 atom stereocenters. The van der Waals surface area contributed by atoms with Gasteiger partial charge in [0.25, 0.3) is 5.91 Å². The Morgan fingerprint density at radius 2 is 2.00 bits per heavy atom. The Hall–Kier alpha value is -2.30. The lowest BCUT2D eigenvalue weighted by molar-refractivity contribution is -0.109. The van der Waals surface area contributed by atoms with Crippen LogP contribution in [-0.4, -0.2) is 32.3 Å². The van der Waals surface area contributed by atoms with Gasteiger partial charge in [-0.2, -0.15) is 0 Å². The number of amides is 2. The summed E-state index contributed by atoms with van der Waals surface area (Å²) in [6.07, 6.45) is 3.30. The number of carbonyl (C=O) groups is 2. The number of anilines is 1. The van der Waals surface area contributed by atoms with Crippen LogP contribution in [0.25, 0.3) is 0 Å². The molecule has 2 amide bonds. The molecule has 10 heteroatoms. The number of aromatic nitrogens is 1. The fraction of sp³-hybridized carbons (Fsp3) is 0.214. The van der Waals surface area contributed by atoms with E-state index in [1.54, 1.807) is 11.6 Å². The lowest BCUT2D eigenvalue weighted by atomic mass is 10.2. The smallest absolute Gasteiger partial charge is 0.257 e. The maximum absolute atomic E-state index is 11.7. The molecular formula is C14H18N4O4S2. The second-order valence-corrected chi connectivity index (χ2v) is 6.89. The standard InChI is InChI=1S/C10H9N3O3S2.C4H9NO/c11-18(15,16)8-3-1-7(2-4-8)9(14)13-10-12-5-6-17-10;1-2-3-5-4-6/h1-6H,(H2,11,15,16)(H,12,13,14);4H,2-3H2,1H3,(H,5,6). The number of hydrogen-bond donors (Lipinski definition) is 3. The molecule has 1 aromatic heterocycles. The van der Waals surface area contributed by atoms with Crippen molar-refractivity contribution in [3.8, 4) is 0 Å². The molecular weight excluding hydrogens is 352 g/mol. The average molecular weight is 370 g/mol.